The number of benzene rings is 1. The molecule has 1 aromatic carbocycles. The van der Waals surface area contributed by atoms with Gasteiger partial charge in [-0.05, 0) is 23.7 Å². The summed E-state index contributed by atoms with van der Waals surface area (Å²) in [6.45, 7) is 11.9. The topological polar surface area (TPSA) is 42.0 Å². The molecule has 3 nitrogen and oxygen atoms in total. The molecule has 2 rings (SSSR count). The van der Waals surface area contributed by atoms with E-state index in [1.54, 1.807) is 0 Å². The van der Waals surface area contributed by atoms with E-state index in [9.17, 15) is 5.11 Å². The molecule has 1 saturated heterocycles. The van der Waals surface area contributed by atoms with E-state index in [0.29, 0.717) is 6.61 Å². The van der Waals surface area contributed by atoms with Gasteiger partial charge < -0.3 is 14.3 Å². The fraction of sp³-hybridized carbons (Fsp3) is 0.647. The van der Waals surface area contributed by atoms with Crippen LogP contribution in [0.3, 0.4) is 0 Å². The first kappa shape index (κ1) is 16.7. The number of ether oxygens (including phenoxy) is 1. The van der Waals surface area contributed by atoms with Gasteiger partial charge in [-0.1, -0.05) is 51.1 Å². The molecular weight excluding hydrogens is 280 g/mol. The Bertz CT molecular complexity index is 467. The number of rotatable bonds is 6. The Morgan fingerprint density at radius 3 is 2.38 bits per heavy atom. The number of aliphatic hydroxyl groups is 1. The molecule has 0 amide bonds. The van der Waals surface area contributed by atoms with Crippen LogP contribution in [0.2, 0.25) is 18.1 Å². The molecule has 0 aromatic heterocycles. The van der Waals surface area contributed by atoms with Gasteiger partial charge in [-0.2, -0.15) is 0 Å². The Hall–Kier alpha value is -0.683. The molecule has 1 heterocycles. The summed E-state index contributed by atoms with van der Waals surface area (Å²) in [4.78, 5) is 0. The van der Waals surface area contributed by atoms with Gasteiger partial charge in [0.2, 0.25) is 0 Å². The maximum Gasteiger partial charge on any atom is 0.191 e. The number of aliphatic hydroxyl groups excluding tert-OH is 1. The number of hydrogen-bond donors (Lipinski definition) is 1. The predicted molar refractivity (Wildman–Crippen MR) is 87.9 cm³/mol. The average molecular weight is 308 g/mol. The summed E-state index contributed by atoms with van der Waals surface area (Å²) in [6, 6.07) is 10.1. The molecule has 4 heteroatoms. The van der Waals surface area contributed by atoms with Gasteiger partial charge in [-0.3, -0.25) is 0 Å². The molecule has 0 saturated carbocycles. The molecule has 0 radical (unpaired) electrons. The fourth-order valence-electron chi connectivity index (χ4n) is 2.29. The van der Waals surface area contributed by atoms with Crippen molar-refractivity contribution >= 4 is 8.32 Å². The zero-order valence-electron chi connectivity index (χ0n) is 13.8. The SMILES string of the molecule is CC(C)(C)[Si](C)(C)OCC[C@@]1(CO)O[C@@H]1c1ccccc1. The highest BCUT2D eigenvalue weighted by atomic mass is 28.4. The molecule has 0 bridgehead atoms. The third kappa shape index (κ3) is 3.56. The van der Waals surface area contributed by atoms with Crippen molar-refractivity contribution in [2.45, 2.75) is 57.0 Å². The average Bonchev–Trinajstić information content (AvgIpc) is 3.13. The molecule has 1 aliphatic rings. The van der Waals surface area contributed by atoms with E-state index in [-0.39, 0.29) is 17.7 Å². The first-order valence-electron chi connectivity index (χ1n) is 7.69. The summed E-state index contributed by atoms with van der Waals surface area (Å²) in [5, 5.41) is 9.92. The quantitative estimate of drug-likeness (QED) is 0.640. The van der Waals surface area contributed by atoms with Gasteiger partial charge >= 0.3 is 0 Å². The van der Waals surface area contributed by atoms with Gasteiger partial charge in [0, 0.05) is 13.0 Å². The first-order chi connectivity index (χ1) is 9.72. The van der Waals surface area contributed by atoms with Crippen molar-refractivity contribution in [1.29, 1.82) is 0 Å². The Kier molecular flexibility index (Phi) is 4.64. The van der Waals surface area contributed by atoms with Gasteiger partial charge in [0.1, 0.15) is 11.7 Å². The van der Waals surface area contributed by atoms with Crippen LogP contribution in [0, 0.1) is 0 Å². The second-order valence-electron chi connectivity index (χ2n) is 7.49. The Morgan fingerprint density at radius 2 is 1.86 bits per heavy atom. The van der Waals surface area contributed by atoms with E-state index in [2.05, 4.69) is 46.0 Å². The van der Waals surface area contributed by atoms with Crippen molar-refractivity contribution in [2.24, 2.45) is 0 Å². The van der Waals surface area contributed by atoms with Crippen molar-refractivity contribution in [3.63, 3.8) is 0 Å². The lowest BCUT2D eigenvalue weighted by Crippen LogP contribution is -2.41. The largest absolute Gasteiger partial charge is 0.417 e. The third-order valence-corrected chi connectivity index (χ3v) is 9.48. The van der Waals surface area contributed by atoms with Crippen LogP contribution in [0.25, 0.3) is 0 Å². The Morgan fingerprint density at radius 1 is 1.24 bits per heavy atom. The van der Waals surface area contributed by atoms with Crippen LogP contribution in [-0.2, 0) is 9.16 Å². The molecule has 1 N–H and O–H groups in total. The summed E-state index contributed by atoms with van der Waals surface area (Å²) in [5.41, 5.74) is 0.697. The van der Waals surface area contributed by atoms with Crippen molar-refractivity contribution in [3.8, 4) is 0 Å². The van der Waals surface area contributed by atoms with Crippen molar-refractivity contribution in [2.75, 3.05) is 13.2 Å². The standard InChI is InChI=1S/C17H28O3Si/c1-16(2,3)21(4,5)19-12-11-17(13-18)15(20-17)14-9-7-6-8-10-14/h6-10,15,18H,11-13H2,1-5H3/t15-,17+/m1/s1. The van der Waals surface area contributed by atoms with Gasteiger partial charge in [-0.25, -0.2) is 0 Å². The van der Waals surface area contributed by atoms with Crippen LogP contribution < -0.4 is 0 Å². The van der Waals surface area contributed by atoms with Crippen molar-refractivity contribution < 1.29 is 14.3 Å². The fourth-order valence-corrected chi connectivity index (χ4v) is 3.33. The summed E-state index contributed by atoms with van der Waals surface area (Å²) >= 11 is 0. The monoisotopic (exact) mass is 308 g/mol. The maximum absolute atomic E-state index is 9.71. The van der Waals surface area contributed by atoms with E-state index in [1.165, 1.54) is 0 Å². The van der Waals surface area contributed by atoms with Crippen LogP contribution in [0.15, 0.2) is 30.3 Å². The van der Waals surface area contributed by atoms with E-state index in [1.807, 2.05) is 18.2 Å². The lowest BCUT2D eigenvalue weighted by atomic mass is 9.97. The van der Waals surface area contributed by atoms with Crippen LogP contribution in [-0.4, -0.2) is 32.2 Å². The summed E-state index contributed by atoms with van der Waals surface area (Å²) in [6.07, 6.45) is 0.752. The molecule has 1 fully saturated rings. The van der Waals surface area contributed by atoms with E-state index in [0.717, 1.165) is 12.0 Å². The molecule has 1 aliphatic heterocycles. The van der Waals surface area contributed by atoms with Gasteiger partial charge in [0.15, 0.2) is 8.32 Å². The highest BCUT2D eigenvalue weighted by Crippen LogP contribution is 2.51. The second-order valence-corrected chi connectivity index (χ2v) is 12.3. The van der Waals surface area contributed by atoms with Crippen molar-refractivity contribution in [1.82, 2.24) is 0 Å². The molecule has 0 spiro atoms. The lowest BCUT2D eigenvalue weighted by molar-refractivity contribution is 0.141. The molecule has 0 unspecified atom stereocenters. The van der Waals surface area contributed by atoms with E-state index >= 15 is 0 Å². The van der Waals surface area contributed by atoms with Gasteiger partial charge in [0.05, 0.1) is 6.61 Å². The van der Waals surface area contributed by atoms with Crippen LogP contribution in [0.5, 0.6) is 0 Å². The maximum atomic E-state index is 9.71. The van der Waals surface area contributed by atoms with E-state index in [4.69, 9.17) is 9.16 Å². The minimum Gasteiger partial charge on any atom is -0.417 e. The predicted octanol–water partition coefficient (Wildman–Crippen LogP) is 3.90. The Labute approximate surface area is 129 Å². The zero-order chi connectivity index (χ0) is 15.7. The Balaban J connectivity index is 1.91. The van der Waals surface area contributed by atoms with Crippen LogP contribution in [0.1, 0.15) is 38.9 Å². The molecule has 118 valence electrons. The lowest BCUT2D eigenvalue weighted by Gasteiger charge is -2.36. The highest BCUT2D eigenvalue weighted by Gasteiger charge is 2.56. The summed E-state index contributed by atoms with van der Waals surface area (Å²) < 4.78 is 12.0. The molecule has 21 heavy (non-hydrogen) atoms. The normalized spacial score (nSPS) is 25.9. The first-order valence-corrected chi connectivity index (χ1v) is 10.6. The third-order valence-electron chi connectivity index (χ3n) is 4.94. The minimum absolute atomic E-state index is 0.00622. The number of hydrogen-bond acceptors (Lipinski definition) is 3. The zero-order valence-corrected chi connectivity index (χ0v) is 14.8. The van der Waals surface area contributed by atoms with Crippen LogP contribution >= 0.6 is 0 Å². The molecule has 2 atom stereocenters. The smallest absolute Gasteiger partial charge is 0.191 e. The molecule has 1 aromatic rings. The molecular formula is C17H28O3Si. The molecule has 0 aliphatic carbocycles. The number of epoxide rings is 1. The van der Waals surface area contributed by atoms with E-state index < -0.39 is 13.9 Å². The van der Waals surface area contributed by atoms with Gasteiger partial charge in [0.25, 0.3) is 0 Å². The second kappa shape index (κ2) is 5.84. The van der Waals surface area contributed by atoms with Crippen molar-refractivity contribution in [3.05, 3.63) is 35.9 Å². The summed E-state index contributed by atoms with van der Waals surface area (Å²) in [7, 11) is -1.73. The summed E-state index contributed by atoms with van der Waals surface area (Å²) in [5.74, 6) is 0. The van der Waals surface area contributed by atoms with Gasteiger partial charge in [-0.15, -0.1) is 0 Å². The van der Waals surface area contributed by atoms with Crippen LogP contribution in [0.4, 0.5) is 0 Å². The highest BCUT2D eigenvalue weighted by molar-refractivity contribution is 6.74. The minimum atomic E-state index is -1.73.